The summed E-state index contributed by atoms with van der Waals surface area (Å²) < 4.78 is 29.0. The Bertz CT molecular complexity index is 1280. The summed E-state index contributed by atoms with van der Waals surface area (Å²) in [6, 6.07) is 21.3. The molecule has 0 aromatic heterocycles. The summed E-state index contributed by atoms with van der Waals surface area (Å²) in [4.78, 5) is 13.5. The van der Waals surface area contributed by atoms with Gasteiger partial charge >= 0.3 is 5.97 Å². The van der Waals surface area contributed by atoms with Crippen LogP contribution in [0.25, 0.3) is 0 Å². The highest BCUT2D eigenvalue weighted by Gasteiger charge is 2.45. The predicted octanol–water partition coefficient (Wildman–Crippen LogP) is 5.95. The number of rotatable bonds is 6. The molecule has 0 saturated carbocycles. The molecule has 0 aliphatic carbocycles. The molecule has 34 heavy (non-hydrogen) atoms. The Morgan fingerprint density at radius 1 is 1.00 bits per heavy atom. The van der Waals surface area contributed by atoms with E-state index in [1.54, 1.807) is 43.3 Å². The standard InChI is InChI=1S/C26H26ClNO4S2/c1-17-7-13-21(14-8-17)33-24-15-23(19-9-11-20(27)12-10-19)28(16-22(24)26(29)30)34(31,32)25-6-4-3-5-18(25)2/h3-14,22-24H,15-16H2,1-2H3,(H,29,30)/t22-,23+,24-/m1/s1. The van der Waals surface area contributed by atoms with Crippen LogP contribution >= 0.6 is 23.4 Å². The summed E-state index contributed by atoms with van der Waals surface area (Å²) in [5.74, 6) is -1.85. The quantitative estimate of drug-likeness (QED) is 0.438. The van der Waals surface area contributed by atoms with E-state index in [1.807, 2.05) is 43.3 Å². The highest BCUT2D eigenvalue weighted by atomic mass is 35.5. The van der Waals surface area contributed by atoms with Gasteiger partial charge in [-0.3, -0.25) is 4.79 Å². The normalized spacial score (nSPS) is 21.3. The van der Waals surface area contributed by atoms with Gasteiger partial charge in [-0.1, -0.05) is 59.6 Å². The fourth-order valence-electron chi connectivity index (χ4n) is 4.32. The third-order valence-corrected chi connectivity index (χ3v) is 9.84. The fraction of sp³-hybridized carbons (Fsp3) is 0.269. The molecule has 1 aliphatic heterocycles. The number of carbonyl (C=O) groups is 1. The highest BCUT2D eigenvalue weighted by molar-refractivity contribution is 8.00. The van der Waals surface area contributed by atoms with Crippen molar-refractivity contribution in [3.8, 4) is 0 Å². The molecule has 0 radical (unpaired) electrons. The van der Waals surface area contributed by atoms with Crippen LogP contribution in [0, 0.1) is 19.8 Å². The molecule has 3 atom stereocenters. The van der Waals surface area contributed by atoms with Crippen molar-refractivity contribution in [1.82, 2.24) is 4.31 Å². The van der Waals surface area contributed by atoms with E-state index in [0.29, 0.717) is 17.0 Å². The SMILES string of the molecule is Cc1ccc(S[C@@H]2C[C@@H](c3ccc(Cl)cc3)N(S(=O)(=O)c3ccccc3C)C[C@H]2C(=O)O)cc1. The molecule has 1 aliphatic rings. The maximum Gasteiger partial charge on any atom is 0.308 e. The molecule has 3 aromatic rings. The second-order valence-electron chi connectivity index (χ2n) is 8.56. The number of aryl methyl sites for hydroxylation is 2. The number of halogens is 1. The lowest BCUT2D eigenvalue weighted by atomic mass is 9.90. The first kappa shape index (κ1) is 24.8. The predicted molar refractivity (Wildman–Crippen MR) is 136 cm³/mol. The van der Waals surface area contributed by atoms with E-state index < -0.39 is 28.0 Å². The van der Waals surface area contributed by atoms with Crippen molar-refractivity contribution in [2.45, 2.75) is 41.4 Å². The minimum atomic E-state index is -3.94. The highest BCUT2D eigenvalue weighted by Crippen LogP contribution is 2.44. The summed E-state index contributed by atoms with van der Waals surface area (Å²) in [5.41, 5.74) is 2.54. The zero-order valence-corrected chi connectivity index (χ0v) is 21.3. The average molecular weight is 516 g/mol. The van der Waals surface area contributed by atoms with Gasteiger partial charge in [0.2, 0.25) is 10.0 Å². The van der Waals surface area contributed by atoms with E-state index in [4.69, 9.17) is 11.6 Å². The maximum atomic E-state index is 13.8. The minimum absolute atomic E-state index is 0.108. The van der Waals surface area contributed by atoms with Crippen molar-refractivity contribution >= 4 is 39.4 Å². The number of piperidine rings is 1. The summed E-state index contributed by atoms with van der Waals surface area (Å²) in [6.45, 7) is 3.64. The largest absolute Gasteiger partial charge is 0.481 e. The Morgan fingerprint density at radius 3 is 2.26 bits per heavy atom. The van der Waals surface area contributed by atoms with Crippen LogP contribution < -0.4 is 0 Å². The van der Waals surface area contributed by atoms with Gasteiger partial charge < -0.3 is 5.11 Å². The molecule has 3 aromatic carbocycles. The molecule has 8 heteroatoms. The first-order chi connectivity index (χ1) is 16.2. The first-order valence-electron chi connectivity index (χ1n) is 11.0. The number of thioether (sulfide) groups is 1. The van der Waals surface area contributed by atoms with E-state index in [0.717, 1.165) is 16.0 Å². The van der Waals surface area contributed by atoms with Gasteiger partial charge in [-0.25, -0.2) is 8.42 Å². The van der Waals surface area contributed by atoms with Crippen LogP contribution in [0.2, 0.25) is 5.02 Å². The molecule has 0 spiro atoms. The van der Waals surface area contributed by atoms with Crippen LogP contribution in [0.5, 0.6) is 0 Å². The minimum Gasteiger partial charge on any atom is -0.481 e. The number of hydrogen-bond donors (Lipinski definition) is 1. The number of sulfonamides is 1. The summed E-state index contributed by atoms with van der Waals surface area (Å²) in [7, 11) is -3.94. The third kappa shape index (κ3) is 5.18. The van der Waals surface area contributed by atoms with Gasteiger partial charge in [-0.05, 0) is 61.7 Å². The van der Waals surface area contributed by atoms with Crippen molar-refractivity contribution < 1.29 is 18.3 Å². The van der Waals surface area contributed by atoms with Crippen molar-refractivity contribution in [2.75, 3.05) is 6.54 Å². The number of nitrogens with zero attached hydrogens (tertiary/aromatic N) is 1. The molecule has 0 amide bonds. The molecule has 1 fully saturated rings. The molecule has 1 N–H and O–H groups in total. The van der Waals surface area contributed by atoms with E-state index in [-0.39, 0.29) is 16.7 Å². The van der Waals surface area contributed by atoms with Crippen LogP contribution in [0.4, 0.5) is 0 Å². The van der Waals surface area contributed by atoms with E-state index in [9.17, 15) is 18.3 Å². The molecule has 1 heterocycles. The van der Waals surface area contributed by atoms with Crippen LogP contribution in [0.15, 0.2) is 82.6 Å². The van der Waals surface area contributed by atoms with Crippen molar-refractivity contribution in [2.24, 2.45) is 5.92 Å². The van der Waals surface area contributed by atoms with Crippen molar-refractivity contribution in [3.05, 3.63) is 94.5 Å². The summed E-state index contributed by atoms with van der Waals surface area (Å²) >= 11 is 7.59. The molecule has 5 nitrogen and oxygen atoms in total. The number of aliphatic carboxylic acids is 1. The van der Waals surface area contributed by atoms with E-state index in [2.05, 4.69) is 0 Å². The van der Waals surface area contributed by atoms with Gasteiger partial charge in [0.15, 0.2) is 0 Å². The van der Waals surface area contributed by atoms with Gasteiger partial charge in [0.25, 0.3) is 0 Å². The van der Waals surface area contributed by atoms with Crippen LogP contribution in [-0.4, -0.2) is 35.6 Å². The summed E-state index contributed by atoms with van der Waals surface area (Å²) in [5, 5.41) is 10.3. The molecular weight excluding hydrogens is 490 g/mol. The lowest BCUT2D eigenvalue weighted by Gasteiger charge is -2.42. The smallest absolute Gasteiger partial charge is 0.308 e. The van der Waals surface area contributed by atoms with Crippen molar-refractivity contribution in [3.63, 3.8) is 0 Å². The van der Waals surface area contributed by atoms with Gasteiger partial charge in [0, 0.05) is 21.7 Å². The maximum absolute atomic E-state index is 13.8. The average Bonchev–Trinajstić information content (AvgIpc) is 2.80. The Balaban J connectivity index is 1.77. The number of hydrogen-bond acceptors (Lipinski definition) is 4. The third-order valence-electron chi connectivity index (χ3n) is 6.19. The van der Waals surface area contributed by atoms with Gasteiger partial charge in [0.05, 0.1) is 16.9 Å². The molecule has 1 saturated heterocycles. The van der Waals surface area contributed by atoms with E-state index in [1.165, 1.54) is 16.1 Å². The van der Waals surface area contributed by atoms with Gasteiger partial charge in [0.1, 0.15) is 0 Å². The Labute approximate surface area is 209 Å². The van der Waals surface area contributed by atoms with E-state index >= 15 is 0 Å². The Kier molecular flexibility index (Phi) is 7.38. The number of carboxylic acids is 1. The van der Waals surface area contributed by atoms with Crippen LogP contribution in [0.3, 0.4) is 0 Å². The molecule has 0 unspecified atom stereocenters. The van der Waals surface area contributed by atoms with Crippen molar-refractivity contribution in [1.29, 1.82) is 0 Å². The monoisotopic (exact) mass is 515 g/mol. The fourth-order valence-corrected chi connectivity index (χ4v) is 7.62. The van der Waals surface area contributed by atoms with Gasteiger partial charge in [-0.2, -0.15) is 4.31 Å². The second kappa shape index (κ2) is 10.1. The first-order valence-corrected chi connectivity index (χ1v) is 13.7. The number of carboxylic acid groups (broad SMARTS) is 1. The lowest BCUT2D eigenvalue weighted by molar-refractivity contribution is -0.143. The zero-order valence-electron chi connectivity index (χ0n) is 18.9. The molecular formula is C26H26ClNO4S2. The zero-order chi connectivity index (χ0) is 24.5. The van der Waals surface area contributed by atoms with Crippen LogP contribution in [0.1, 0.15) is 29.2 Å². The lowest BCUT2D eigenvalue weighted by Crippen LogP contribution is -2.49. The number of benzene rings is 3. The topological polar surface area (TPSA) is 74.7 Å². The second-order valence-corrected chi connectivity index (χ2v) is 12.2. The summed E-state index contributed by atoms with van der Waals surface area (Å²) in [6.07, 6.45) is 0.363. The molecule has 0 bridgehead atoms. The molecule has 4 rings (SSSR count). The Hall–Kier alpha value is -2.32. The van der Waals surface area contributed by atoms with Gasteiger partial charge in [-0.15, -0.1) is 11.8 Å². The van der Waals surface area contributed by atoms with Crippen LogP contribution in [-0.2, 0) is 14.8 Å². The Morgan fingerprint density at radius 2 is 1.65 bits per heavy atom. The molecule has 178 valence electrons.